The Balaban J connectivity index is 0.00000324. The monoisotopic (exact) mass is 476 g/mol. The van der Waals surface area contributed by atoms with E-state index in [4.69, 9.17) is 4.74 Å². The Morgan fingerprint density at radius 3 is 2.76 bits per heavy atom. The number of anilines is 1. The van der Waals surface area contributed by atoms with Gasteiger partial charge in [0.15, 0.2) is 0 Å². The Morgan fingerprint density at radius 2 is 1.97 bits per heavy atom. The summed E-state index contributed by atoms with van der Waals surface area (Å²) in [6.45, 7) is 3.26. The number of nitrogens with one attached hydrogen (secondary N) is 2. The van der Waals surface area contributed by atoms with Gasteiger partial charge < -0.3 is 15.4 Å². The van der Waals surface area contributed by atoms with E-state index in [1.807, 2.05) is 30.3 Å². The highest BCUT2D eigenvalue weighted by Crippen LogP contribution is 2.27. The molecule has 1 atom stereocenters. The third-order valence-electron chi connectivity index (χ3n) is 5.46. The second-order valence-electron chi connectivity index (χ2n) is 7.77. The molecule has 1 amide bonds. The van der Waals surface area contributed by atoms with Gasteiger partial charge in [-0.3, -0.25) is 14.8 Å². The zero-order valence-electron chi connectivity index (χ0n) is 19.4. The number of aromatic nitrogens is 4. The van der Waals surface area contributed by atoms with Gasteiger partial charge in [0.25, 0.3) is 5.91 Å². The van der Waals surface area contributed by atoms with E-state index in [9.17, 15) is 4.79 Å². The maximum Gasteiger partial charge on any atom is 0.251 e. The highest BCUT2D eigenvalue weighted by molar-refractivity contribution is 7.59. The summed E-state index contributed by atoms with van der Waals surface area (Å²) in [5.74, 6) is 0.734. The van der Waals surface area contributed by atoms with Gasteiger partial charge in [0.2, 0.25) is 0 Å². The van der Waals surface area contributed by atoms with Crippen molar-refractivity contribution in [2.45, 2.75) is 19.4 Å². The third-order valence-corrected chi connectivity index (χ3v) is 5.46. The van der Waals surface area contributed by atoms with Crippen LogP contribution in [0.15, 0.2) is 61.3 Å². The number of hydrogen-bond acceptors (Lipinski definition) is 7. The normalized spacial score (nSPS) is 11.5. The van der Waals surface area contributed by atoms with Crippen molar-refractivity contribution in [2.24, 2.45) is 0 Å². The van der Waals surface area contributed by atoms with Crippen LogP contribution in [0.5, 0.6) is 0 Å². The lowest BCUT2D eigenvalue weighted by molar-refractivity contribution is 0.0964. The molecule has 0 bridgehead atoms. The molecule has 176 valence electrons. The summed E-state index contributed by atoms with van der Waals surface area (Å²) < 4.78 is 5.19. The van der Waals surface area contributed by atoms with E-state index in [0.29, 0.717) is 18.7 Å². The van der Waals surface area contributed by atoms with Gasteiger partial charge in [-0.05, 0) is 23.3 Å². The van der Waals surface area contributed by atoms with Crippen LogP contribution in [0.2, 0.25) is 0 Å². The predicted octanol–water partition coefficient (Wildman–Crippen LogP) is 3.92. The van der Waals surface area contributed by atoms with Crippen LogP contribution in [-0.2, 0) is 11.3 Å². The van der Waals surface area contributed by atoms with E-state index in [0.717, 1.165) is 39.1 Å². The second-order valence-corrected chi connectivity index (χ2v) is 7.77. The Hall–Kier alpha value is -3.56. The molecule has 9 heteroatoms. The van der Waals surface area contributed by atoms with Gasteiger partial charge in [-0.1, -0.05) is 25.1 Å². The summed E-state index contributed by atoms with van der Waals surface area (Å²) in [5, 5.41) is 6.94. The molecule has 0 saturated heterocycles. The number of fused-ring (bicyclic) bond motifs is 1. The molecular weight excluding hydrogens is 448 g/mol. The average Bonchev–Trinajstić information content (AvgIpc) is 2.86. The fraction of sp³-hybridized carbons (Fsp3) is 0.240. The van der Waals surface area contributed by atoms with Gasteiger partial charge in [-0.25, -0.2) is 9.97 Å². The minimum Gasteiger partial charge on any atom is -0.380 e. The first-order valence-electron chi connectivity index (χ1n) is 10.7. The Bertz CT molecular complexity index is 1280. The van der Waals surface area contributed by atoms with Crippen LogP contribution in [0.4, 0.5) is 5.82 Å². The highest BCUT2D eigenvalue weighted by Gasteiger charge is 2.15. The number of benzene rings is 1. The van der Waals surface area contributed by atoms with Gasteiger partial charge in [0.1, 0.15) is 12.1 Å². The number of rotatable bonds is 8. The maximum atomic E-state index is 12.2. The quantitative estimate of drug-likeness (QED) is 0.397. The van der Waals surface area contributed by atoms with E-state index in [-0.39, 0.29) is 25.3 Å². The fourth-order valence-corrected chi connectivity index (χ4v) is 3.78. The minimum atomic E-state index is -0.122. The molecule has 4 rings (SSSR count). The van der Waals surface area contributed by atoms with Crippen molar-refractivity contribution in [2.75, 3.05) is 26.0 Å². The van der Waals surface area contributed by atoms with E-state index >= 15 is 0 Å². The number of pyridine rings is 2. The van der Waals surface area contributed by atoms with E-state index in [1.165, 1.54) is 0 Å². The van der Waals surface area contributed by atoms with E-state index < -0.39 is 0 Å². The molecule has 0 fully saturated rings. The number of methoxy groups -OCH3 is 1. The number of ether oxygens (including phenoxy) is 1. The number of nitrogens with zero attached hydrogens (tertiary/aromatic N) is 4. The molecule has 0 aliphatic carbocycles. The van der Waals surface area contributed by atoms with Crippen molar-refractivity contribution in [3.05, 3.63) is 78.0 Å². The minimum absolute atomic E-state index is 0. The summed E-state index contributed by atoms with van der Waals surface area (Å²) >= 11 is 0. The summed E-state index contributed by atoms with van der Waals surface area (Å²) in [7, 11) is 3.29. The number of amides is 1. The van der Waals surface area contributed by atoms with Gasteiger partial charge in [-0.2, -0.15) is 13.5 Å². The largest absolute Gasteiger partial charge is 0.380 e. The van der Waals surface area contributed by atoms with Gasteiger partial charge in [0.05, 0.1) is 23.4 Å². The van der Waals surface area contributed by atoms with E-state index in [2.05, 4.69) is 37.5 Å². The molecule has 3 heterocycles. The molecule has 4 aromatic rings. The lowest BCUT2D eigenvalue weighted by Crippen LogP contribution is -2.18. The van der Waals surface area contributed by atoms with Crippen molar-refractivity contribution in [1.29, 1.82) is 0 Å². The number of hydrogen-bond donors (Lipinski definition) is 2. The molecule has 2 N–H and O–H groups in total. The molecule has 0 spiro atoms. The van der Waals surface area contributed by atoms with E-state index in [1.54, 1.807) is 45.1 Å². The van der Waals surface area contributed by atoms with Crippen LogP contribution < -0.4 is 10.6 Å². The Morgan fingerprint density at radius 1 is 1.12 bits per heavy atom. The summed E-state index contributed by atoms with van der Waals surface area (Å²) in [6.07, 6.45) is 6.78. The van der Waals surface area contributed by atoms with Crippen molar-refractivity contribution < 1.29 is 9.53 Å². The Kier molecular flexibility index (Phi) is 8.50. The number of para-hydroxylation sites is 1. The molecule has 0 radical (unpaired) electrons. The van der Waals surface area contributed by atoms with Crippen LogP contribution in [0, 0.1) is 0 Å². The number of carbonyl (C=O) groups excluding carboxylic acids is 1. The molecular formula is C25H28N6O2S. The molecule has 1 aromatic carbocycles. The highest BCUT2D eigenvalue weighted by atomic mass is 32.1. The third kappa shape index (κ3) is 5.49. The summed E-state index contributed by atoms with van der Waals surface area (Å²) in [5.41, 5.74) is 5.19. The molecule has 34 heavy (non-hydrogen) atoms. The lowest BCUT2D eigenvalue weighted by atomic mass is 9.96. The average molecular weight is 477 g/mol. The summed E-state index contributed by atoms with van der Waals surface area (Å²) in [4.78, 5) is 29.8. The standard InChI is InChI=1S/C25H26N6O2.H2S/c1-16(19-5-4-6-20-21(25(32)26-2)7-8-28-24(19)20)11-29-23-10-22(30-15-31-23)18-9-17(14-33-3)12-27-13-18;/h4-10,12-13,15-16H,11,14H2,1-3H3,(H,26,32)(H,29,30,31);1H2/t16-;/m1./s1. The van der Waals surface area contributed by atoms with Crippen LogP contribution in [-0.4, -0.2) is 46.5 Å². The van der Waals surface area contributed by atoms with Crippen LogP contribution in [0.3, 0.4) is 0 Å². The lowest BCUT2D eigenvalue weighted by Gasteiger charge is -2.16. The molecule has 0 saturated carbocycles. The van der Waals surface area contributed by atoms with Crippen molar-refractivity contribution >= 4 is 36.1 Å². The maximum absolute atomic E-state index is 12.2. The smallest absolute Gasteiger partial charge is 0.251 e. The Labute approximate surface area is 205 Å². The molecule has 0 aliphatic rings. The summed E-state index contributed by atoms with van der Waals surface area (Å²) in [6, 6.07) is 11.6. The zero-order chi connectivity index (χ0) is 23.2. The first-order valence-corrected chi connectivity index (χ1v) is 10.7. The molecule has 8 nitrogen and oxygen atoms in total. The molecule has 0 aliphatic heterocycles. The first-order chi connectivity index (χ1) is 16.1. The topological polar surface area (TPSA) is 102 Å². The molecule has 0 unspecified atom stereocenters. The molecule has 3 aromatic heterocycles. The van der Waals surface area contributed by atoms with Gasteiger partial charge in [0, 0.05) is 62.2 Å². The fourth-order valence-electron chi connectivity index (χ4n) is 3.78. The SMILES string of the molecule is CNC(=O)c1ccnc2c([C@H](C)CNc3cc(-c4cncc(COC)c4)ncn3)cccc12.S. The zero-order valence-corrected chi connectivity index (χ0v) is 20.4. The van der Waals surface area contributed by atoms with Crippen molar-refractivity contribution in [3.63, 3.8) is 0 Å². The van der Waals surface area contributed by atoms with Crippen LogP contribution >= 0.6 is 13.5 Å². The van der Waals surface area contributed by atoms with Crippen molar-refractivity contribution in [1.82, 2.24) is 25.3 Å². The van der Waals surface area contributed by atoms with Gasteiger partial charge in [-0.15, -0.1) is 0 Å². The predicted molar refractivity (Wildman–Crippen MR) is 138 cm³/mol. The van der Waals surface area contributed by atoms with Crippen molar-refractivity contribution in [3.8, 4) is 11.3 Å². The van der Waals surface area contributed by atoms with Crippen LogP contribution in [0.25, 0.3) is 22.2 Å². The number of carbonyl (C=O) groups is 1. The van der Waals surface area contributed by atoms with Gasteiger partial charge >= 0.3 is 0 Å². The van der Waals surface area contributed by atoms with Crippen LogP contribution in [0.1, 0.15) is 34.3 Å². The second kappa shape index (κ2) is 11.5. The first kappa shape index (κ1) is 25.1.